The van der Waals surface area contributed by atoms with Gasteiger partial charge in [-0.15, -0.1) is 0 Å². The SMILES string of the molecule is CCOc1ccc(C(=O)c2oc3ccccc3c2NC(=O)C(CC)Oc2ccc(F)cc2)cc1. The lowest BCUT2D eigenvalue weighted by Crippen LogP contribution is -2.32. The Hall–Kier alpha value is -4.13. The average Bonchev–Trinajstić information content (AvgIpc) is 3.22. The molecule has 6 nitrogen and oxygen atoms in total. The van der Waals surface area contributed by atoms with Gasteiger partial charge in [0.2, 0.25) is 5.78 Å². The molecule has 0 saturated carbocycles. The number of rotatable bonds is 9. The number of para-hydroxylation sites is 1. The van der Waals surface area contributed by atoms with Crippen molar-refractivity contribution in [2.75, 3.05) is 11.9 Å². The van der Waals surface area contributed by atoms with Crippen LogP contribution in [0.5, 0.6) is 11.5 Å². The average molecular weight is 461 g/mol. The van der Waals surface area contributed by atoms with Gasteiger partial charge in [0.25, 0.3) is 5.91 Å². The summed E-state index contributed by atoms with van der Waals surface area (Å²) < 4.78 is 30.3. The molecule has 3 aromatic carbocycles. The van der Waals surface area contributed by atoms with Crippen molar-refractivity contribution in [2.45, 2.75) is 26.4 Å². The number of carbonyl (C=O) groups is 2. The van der Waals surface area contributed by atoms with Gasteiger partial charge in [0.05, 0.1) is 12.3 Å². The maximum absolute atomic E-state index is 13.3. The molecule has 4 aromatic rings. The number of halogens is 1. The number of hydrogen-bond donors (Lipinski definition) is 1. The van der Waals surface area contributed by atoms with Crippen LogP contribution in [0, 0.1) is 5.82 Å². The van der Waals surface area contributed by atoms with Crippen molar-refractivity contribution in [1.82, 2.24) is 0 Å². The molecule has 1 N–H and O–H groups in total. The normalized spacial score (nSPS) is 11.7. The van der Waals surface area contributed by atoms with E-state index in [0.29, 0.717) is 41.1 Å². The fourth-order valence-electron chi connectivity index (χ4n) is 3.53. The lowest BCUT2D eigenvalue weighted by atomic mass is 10.1. The molecule has 0 spiro atoms. The first-order valence-electron chi connectivity index (χ1n) is 11.0. The molecular formula is C27H24FNO5. The Labute approximate surface area is 196 Å². The minimum absolute atomic E-state index is 0.0235. The smallest absolute Gasteiger partial charge is 0.265 e. The molecule has 1 heterocycles. The van der Waals surface area contributed by atoms with E-state index in [1.165, 1.54) is 24.3 Å². The highest BCUT2D eigenvalue weighted by atomic mass is 19.1. The van der Waals surface area contributed by atoms with E-state index in [1.54, 1.807) is 55.5 Å². The first-order chi connectivity index (χ1) is 16.5. The number of ketones is 1. The third-order valence-corrected chi connectivity index (χ3v) is 5.23. The standard InChI is InChI=1S/C27H24FNO5/c1-3-22(33-20-15-11-18(28)12-16-20)27(31)29-24-21-7-5-6-8-23(21)34-26(24)25(30)17-9-13-19(14-10-17)32-4-2/h5-16,22H,3-4H2,1-2H3,(H,29,31). The first kappa shape index (κ1) is 23.0. The predicted octanol–water partition coefficient (Wildman–Crippen LogP) is 6.00. The summed E-state index contributed by atoms with van der Waals surface area (Å²) in [6.45, 7) is 4.20. The molecule has 1 amide bonds. The van der Waals surface area contributed by atoms with Crippen LogP contribution in [0.1, 0.15) is 36.4 Å². The molecule has 0 aliphatic carbocycles. The minimum Gasteiger partial charge on any atom is -0.494 e. The van der Waals surface area contributed by atoms with Gasteiger partial charge in [-0.05, 0) is 74.0 Å². The molecule has 0 bridgehead atoms. The number of hydrogen-bond acceptors (Lipinski definition) is 5. The summed E-state index contributed by atoms with van der Waals surface area (Å²) in [6.07, 6.45) is -0.492. The molecule has 1 atom stereocenters. The molecule has 4 rings (SSSR count). The second-order valence-corrected chi connectivity index (χ2v) is 7.55. The van der Waals surface area contributed by atoms with E-state index in [2.05, 4.69) is 5.32 Å². The Kier molecular flexibility index (Phi) is 6.92. The fraction of sp³-hybridized carbons (Fsp3) is 0.185. The van der Waals surface area contributed by atoms with Gasteiger partial charge in [-0.1, -0.05) is 19.1 Å². The predicted molar refractivity (Wildman–Crippen MR) is 127 cm³/mol. The first-order valence-corrected chi connectivity index (χ1v) is 11.0. The fourth-order valence-corrected chi connectivity index (χ4v) is 3.53. The quantitative estimate of drug-likeness (QED) is 0.310. The molecule has 0 radical (unpaired) electrons. The molecular weight excluding hydrogens is 437 g/mol. The van der Waals surface area contributed by atoms with Crippen LogP contribution < -0.4 is 14.8 Å². The number of fused-ring (bicyclic) bond motifs is 1. The maximum Gasteiger partial charge on any atom is 0.265 e. The van der Waals surface area contributed by atoms with Crippen molar-refractivity contribution in [1.29, 1.82) is 0 Å². The van der Waals surface area contributed by atoms with Crippen molar-refractivity contribution in [3.05, 3.63) is 89.9 Å². The van der Waals surface area contributed by atoms with Crippen LogP contribution in [0.2, 0.25) is 0 Å². The summed E-state index contributed by atoms with van der Waals surface area (Å²) >= 11 is 0. The van der Waals surface area contributed by atoms with Gasteiger partial charge in [-0.25, -0.2) is 4.39 Å². The van der Waals surface area contributed by atoms with Gasteiger partial charge in [0, 0.05) is 10.9 Å². The number of carbonyl (C=O) groups excluding carboxylic acids is 2. The van der Waals surface area contributed by atoms with Crippen molar-refractivity contribution in [3.63, 3.8) is 0 Å². The number of anilines is 1. The zero-order chi connectivity index (χ0) is 24.1. The number of ether oxygens (including phenoxy) is 2. The highest BCUT2D eigenvalue weighted by Crippen LogP contribution is 2.33. The van der Waals surface area contributed by atoms with E-state index in [-0.39, 0.29) is 17.2 Å². The summed E-state index contributed by atoms with van der Waals surface area (Å²) in [7, 11) is 0. The van der Waals surface area contributed by atoms with Crippen LogP contribution in [0.4, 0.5) is 10.1 Å². The van der Waals surface area contributed by atoms with Gasteiger partial charge in [0.1, 0.15) is 22.9 Å². The monoisotopic (exact) mass is 461 g/mol. The molecule has 0 aliphatic heterocycles. The molecule has 0 aliphatic rings. The minimum atomic E-state index is -0.854. The Morgan fingerprint density at radius 3 is 2.29 bits per heavy atom. The van der Waals surface area contributed by atoms with Crippen molar-refractivity contribution in [2.24, 2.45) is 0 Å². The molecule has 34 heavy (non-hydrogen) atoms. The van der Waals surface area contributed by atoms with E-state index in [0.717, 1.165) is 0 Å². The van der Waals surface area contributed by atoms with E-state index >= 15 is 0 Å². The topological polar surface area (TPSA) is 77.8 Å². The van der Waals surface area contributed by atoms with Crippen molar-refractivity contribution >= 4 is 28.3 Å². The van der Waals surface area contributed by atoms with Crippen LogP contribution in [-0.4, -0.2) is 24.4 Å². The van der Waals surface area contributed by atoms with Gasteiger partial charge in [0.15, 0.2) is 11.9 Å². The molecule has 174 valence electrons. The summed E-state index contributed by atoms with van der Waals surface area (Å²) in [5, 5.41) is 3.42. The van der Waals surface area contributed by atoms with Gasteiger partial charge in [-0.2, -0.15) is 0 Å². The second-order valence-electron chi connectivity index (χ2n) is 7.55. The van der Waals surface area contributed by atoms with Crippen LogP contribution in [-0.2, 0) is 4.79 Å². The number of nitrogens with one attached hydrogen (secondary N) is 1. The highest BCUT2D eigenvalue weighted by molar-refractivity contribution is 6.17. The van der Waals surface area contributed by atoms with Crippen molar-refractivity contribution in [3.8, 4) is 11.5 Å². The van der Waals surface area contributed by atoms with Gasteiger partial charge >= 0.3 is 0 Å². The summed E-state index contributed by atoms with van der Waals surface area (Å²) in [6, 6.07) is 19.2. The highest BCUT2D eigenvalue weighted by Gasteiger charge is 2.26. The Bertz CT molecular complexity index is 1300. The largest absolute Gasteiger partial charge is 0.494 e. The Balaban J connectivity index is 1.63. The molecule has 0 fully saturated rings. The summed E-state index contributed by atoms with van der Waals surface area (Å²) in [5.74, 6) is -0.171. The van der Waals surface area contributed by atoms with Crippen molar-refractivity contribution < 1.29 is 27.9 Å². The van der Waals surface area contributed by atoms with Gasteiger partial charge in [-0.3, -0.25) is 9.59 Å². The third-order valence-electron chi connectivity index (χ3n) is 5.23. The van der Waals surface area contributed by atoms with Crippen LogP contribution in [0.3, 0.4) is 0 Å². The van der Waals surface area contributed by atoms with Crippen LogP contribution >= 0.6 is 0 Å². The van der Waals surface area contributed by atoms with E-state index in [1.807, 2.05) is 6.92 Å². The van der Waals surface area contributed by atoms with E-state index in [4.69, 9.17) is 13.9 Å². The number of amides is 1. The second kappa shape index (κ2) is 10.2. The summed E-state index contributed by atoms with van der Waals surface area (Å²) in [4.78, 5) is 26.4. The van der Waals surface area contributed by atoms with Gasteiger partial charge < -0.3 is 19.2 Å². The lowest BCUT2D eigenvalue weighted by Gasteiger charge is -2.17. The Morgan fingerprint density at radius 2 is 1.62 bits per heavy atom. The maximum atomic E-state index is 13.3. The zero-order valence-electron chi connectivity index (χ0n) is 18.8. The Morgan fingerprint density at radius 1 is 0.941 bits per heavy atom. The molecule has 0 saturated heterocycles. The molecule has 7 heteroatoms. The number of benzene rings is 3. The van der Waals surface area contributed by atoms with E-state index < -0.39 is 17.8 Å². The number of furan rings is 1. The third kappa shape index (κ3) is 4.93. The molecule has 1 aromatic heterocycles. The van der Waals surface area contributed by atoms with Crippen LogP contribution in [0.15, 0.2) is 77.2 Å². The van der Waals surface area contributed by atoms with E-state index in [9.17, 15) is 14.0 Å². The zero-order valence-corrected chi connectivity index (χ0v) is 18.8. The summed E-state index contributed by atoms with van der Waals surface area (Å²) in [5.41, 5.74) is 1.15. The lowest BCUT2D eigenvalue weighted by molar-refractivity contribution is -0.122. The van der Waals surface area contributed by atoms with Crippen LogP contribution in [0.25, 0.3) is 11.0 Å². The molecule has 1 unspecified atom stereocenters.